The average molecular weight is 346 g/mol. The van der Waals surface area contributed by atoms with Crippen LogP contribution in [-0.2, 0) is 11.5 Å². The maximum atomic E-state index is 14.3. The number of aromatic nitrogens is 2. The molecule has 0 aliphatic heterocycles. The summed E-state index contributed by atoms with van der Waals surface area (Å²) < 4.78 is 27.7. The molecule has 3 aromatic rings. The van der Waals surface area contributed by atoms with E-state index in [1.54, 1.807) is 22.7 Å². The van der Waals surface area contributed by atoms with Crippen LogP contribution in [0.15, 0.2) is 42.7 Å². The first-order valence-corrected chi connectivity index (χ1v) is 7.49. The summed E-state index contributed by atoms with van der Waals surface area (Å²) in [5.41, 5.74) is 2.69. The number of nitrogens with one attached hydrogen (secondary N) is 1. The van der Waals surface area contributed by atoms with Crippen molar-refractivity contribution in [2.24, 2.45) is 0 Å². The summed E-state index contributed by atoms with van der Waals surface area (Å²) in [4.78, 5) is 20.0. The van der Waals surface area contributed by atoms with Crippen molar-refractivity contribution in [2.75, 3.05) is 19.4 Å². The van der Waals surface area contributed by atoms with Crippen LogP contribution in [0.3, 0.4) is 0 Å². The van der Waals surface area contributed by atoms with E-state index in [1.807, 2.05) is 31.1 Å². The molecular formula is C17H16F2N4O2. The second-order valence-electron chi connectivity index (χ2n) is 5.80. The third-order valence-corrected chi connectivity index (χ3v) is 3.66. The largest absolute Gasteiger partial charge is 0.450 e. The molecule has 8 heteroatoms. The molecule has 1 N–H and O–H groups in total. The van der Waals surface area contributed by atoms with E-state index in [9.17, 15) is 13.7 Å². The Morgan fingerprint density at radius 2 is 2.08 bits per heavy atom. The van der Waals surface area contributed by atoms with Gasteiger partial charge in [-0.05, 0) is 43.4 Å². The van der Waals surface area contributed by atoms with Crippen LogP contribution in [0.4, 0.5) is 19.5 Å². The second kappa shape index (κ2) is 6.86. The average Bonchev–Trinajstić information content (AvgIpc) is 2.97. The molecule has 0 spiro atoms. The van der Waals surface area contributed by atoms with Crippen LogP contribution >= 0.6 is 0 Å². The SMILES string of the molecule is CN(C)Cc1c(F)cccc1-c1ccc2nc(NC(=O)OF)cn2c1. The van der Waals surface area contributed by atoms with Crippen molar-refractivity contribution in [3.8, 4) is 11.1 Å². The minimum absolute atomic E-state index is 0.146. The number of pyridine rings is 1. The fourth-order valence-electron chi connectivity index (χ4n) is 2.64. The monoisotopic (exact) mass is 346 g/mol. The number of benzene rings is 1. The van der Waals surface area contributed by atoms with Gasteiger partial charge in [0.05, 0.1) is 6.20 Å². The van der Waals surface area contributed by atoms with E-state index < -0.39 is 6.09 Å². The van der Waals surface area contributed by atoms with Crippen molar-refractivity contribution in [3.05, 3.63) is 54.1 Å². The van der Waals surface area contributed by atoms with Crippen molar-refractivity contribution in [1.29, 1.82) is 0 Å². The summed E-state index contributed by atoms with van der Waals surface area (Å²) in [6, 6.07) is 8.48. The molecular weight excluding hydrogens is 330 g/mol. The fraction of sp³-hybridized carbons (Fsp3) is 0.176. The molecule has 0 saturated carbocycles. The Kier molecular flexibility index (Phi) is 4.62. The third-order valence-electron chi connectivity index (χ3n) is 3.66. The molecule has 0 bridgehead atoms. The van der Waals surface area contributed by atoms with Crippen LogP contribution in [-0.4, -0.2) is 34.5 Å². The Hall–Kier alpha value is -3.00. The Balaban J connectivity index is 2.02. The van der Waals surface area contributed by atoms with Gasteiger partial charge in [-0.1, -0.05) is 12.1 Å². The minimum atomic E-state index is -1.25. The van der Waals surface area contributed by atoms with E-state index in [0.29, 0.717) is 17.8 Å². The number of hydrogen-bond acceptors (Lipinski definition) is 4. The molecule has 130 valence electrons. The third kappa shape index (κ3) is 3.58. The molecule has 25 heavy (non-hydrogen) atoms. The van der Waals surface area contributed by atoms with Gasteiger partial charge in [-0.3, -0.25) is 5.32 Å². The number of imidazole rings is 1. The Morgan fingerprint density at radius 3 is 2.80 bits per heavy atom. The van der Waals surface area contributed by atoms with Crippen LogP contribution in [0.2, 0.25) is 0 Å². The number of nitrogens with zero attached hydrogens (tertiary/aromatic N) is 3. The molecule has 1 aromatic carbocycles. The first kappa shape index (κ1) is 16.8. The fourth-order valence-corrected chi connectivity index (χ4v) is 2.64. The van der Waals surface area contributed by atoms with E-state index in [-0.39, 0.29) is 11.6 Å². The molecule has 0 atom stereocenters. The van der Waals surface area contributed by atoms with Crippen LogP contribution in [0.5, 0.6) is 0 Å². The standard InChI is InChI=1S/C17H16F2N4O2/c1-22(2)9-13-12(4-3-5-14(13)18)11-6-7-16-20-15(10-23(16)8-11)21-17(24)25-19/h3-8,10H,9H2,1-2H3,(H,21,24). The molecule has 2 heterocycles. The molecule has 0 saturated heterocycles. The molecule has 3 rings (SSSR count). The zero-order chi connectivity index (χ0) is 18.0. The summed E-state index contributed by atoms with van der Waals surface area (Å²) in [5.74, 6) is -0.127. The highest BCUT2D eigenvalue weighted by atomic mass is 19.3. The van der Waals surface area contributed by atoms with Crippen LogP contribution in [0.25, 0.3) is 16.8 Å². The Labute approximate surface area is 142 Å². The number of carbonyl (C=O) groups is 1. The normalized spacial score (nSPS) is 11.1. The molecule has 0 aliphatic rings. The summed E-state index contributed by atoms with van der Waals surface area (Å²) in [7, 11) is 3.74. The maximum absolute atomic E-state index is 14.3. The van der Waals surface area contributed by atoms with Crippen LogP contribution in [0.1, 0.15) is 5.56 Å². The van der Waals surface area contributed by atoms with Gasteiger partial charge in [-0.15, -0.1) is 0 Å². The highest BCUT2D eigenvalue weighted by Crippen LogP contribution is 2.27. The molecule has 1 amide bonds. The number of halogens is 2. The van der Waals surface area contributed by atoms with E-state index >= 15 is 0 Å². The summed E-state index contributed by atoms with van der Waals surface area (Å²) in [6.07, 6.45) is 2.03. The number of hydrogen-bond donors (Lipinski definition) is 1. The van der Waals surface area contributed by atoms with Gasteiger partial charge in [0, 0.05) is 22.8 Å². The van der Waals surface area contributed by atoms with Gasteiger partial charge in [0.2, 0.25) is 0 Å². The van der Waals surface area contributed by atoms with Gasteiger partial charge in [0.15, 0.2) is 5.82 Å². The van der Waals surface area contributed by atoms with Gasteiger partial charge in [-0.25, -0.2) is 19.1 Å². The summed E-state index contributed by atoms with van der Waals surface area (Å²) in [6.45, 7) is 0.457. The minimum Gasteiger partial charge on any atom is -0.305 e. The molecule has 6 nitrogen and oxygen atoms in total. The first-order chi connectivity index (χ1) is 12.0. The van der Waals surface area contributed by atoms with Gasteiger partial charge < -0.3 is 9.30 Å². The van der Waals surface area contributed by atoms with Gasteiger partial charge >= 0.3 is 6.09 Å². The molecule has 0 unspecified atom stereocenters. The van der Waals surface area contributed by atoms with Crippen LogP contribution < -0.4 is 5.32 Å². The summed E-state index contributed by atoms with van der Waals surface area (Å²) >= 11 is 0. The first-order valence-electron chi connectivity index (χ1n) is 7.49. The molecule has 2 aromatic heterocycles. The van der Waals surface area contributed by atoms with Gasteiger partial charge in [0.25, 0.3) is 0 Å². The van der Waals surface area contributed by atoms with Crippen molar-refractivity contribution < 1.29 is 18.7 Å². The van der Waals surface area contributed by atoms with Crippen molar-refractivity contribution in [2.45, 2.75) is 6.54 Å². The van der Waals surface area contributed by atoms with Gasteiger partial charge in [0.1, 0.15) is 11.5 Å². The number of carbonyl (C=O) groups excluding carboxylic acids is 1. The highest BCUT2D eigenvalue weighted by Gasteiger charge is 2.13. The van der Waals surface area contributed by atoms with Crippen molar-refractivity contribution >= 4 is 17.6 Å². The topological polar surface area (TPSA) is 58.9 Å². The van der Waals surface area contributed by atoms with Crippen LogP contribution in [0, 0.1) is 5.82 Å². The lowest BCUT2D eigenvalue weighted by atomic mass is 10.0. The predicted octanol–water partition coefficient (Wildman–Crippen LogP) is 3.64. The Bertz CT molecular complexity index is 924. The lowest BCUT2D eigenvalue weighted by molar-refractivity contribution is -0.0544. The second-order valence-corrected chi connectivity index (χ2v) is 5.80. The maximum Gasteiger partial charge on any atom is 0.450 e. The number of rotatable bonds is 4. The summed E-state index contributed by atoms with van der Waals surface area (Å²) in [5, 5.41) is 2.15. The number of fused-ring (bicyclic) bond motifs is 1. The highest BCUT2D eigenvalue weighted by molar-refractivity contribution is 5.83. The quantitative estimate of drug-likeness (QED) is 0.784. The van der Waals surface area contributed by atoms with E-state index in [1.165, 1.54) is 12.3 Å². The Morgan fingerprint density at radius 1 is 1.28 bits per heavy atom. The lowest BCUT2D eigenvalue weighted by Gasteiger charge is -2.15. The molecule has 0 radical (unpaired) electrons. The number of anilines is 1. The zero-order valence-corrected chi connectivity index (χ0v) is 13.7. The zero-order valence-electron chi connectivity index (χ0n) is 13.7. The van der Waals surface area contributed by atoms with E-state index in [2.05, 4.69) is 15.2 Å². The smallest absolute Gasteiger partial charge is 0.305 e. The van der Waals surface area contributed by atoms with Crippen molar-refractivity contribution in [1.82, 2.24) is 14.3 Å². The molecule has 0 aliphatic carbocycles. The van der Waals surface area contributed by atoms with E-state index in [0.717, 1.165) is 11.1 Å². The number of amides is 1. The van der Waals surface area contributed by atoms with E-state index in [4.69, 9.17) is 0 Å². The molecule has 0 fully saturated rings. The predicted molar refractivity (Wildman–Crippen MR) is 89.2 cm³/mol. The van der Waals surface area contributed by atoms with Gasteiger partial charge in [-0.2, -0.15) is 0 Å². The van der Waals surface area contributed by atoms with Crippen molar-refractivity contribution in [3.63, 3.8) is 0 Å². The lowest BCUT2D eigenvalue weighted by Crippen LogP contribution is -2.13.